The van der Waals surface area contributed by atoms with E-state index < -0.39 is 18.0 Å². The van der Waals surface area contributed by atoms with E-state index in [-0.39, 0.29) is 17.9 Å². The molecule has 0 aliphatic carbocycles. The van der Waals surface area contributed by atoms with Gasteiger partial charge in [-0.1, -0.05) is 18.2 Å². The van der Waals surface area contributed by atoms with E-state index in [0.717, 1.165) is 24.2 Å². The average molecular weight is 511 g/mol. The lowest BCUT2D eigenvalue weighted by molar-refractivity contribution is -0.133. The molecule has 37 heavy (non-hydrogen) atoms. The number of para-hydroxylation sites is 1. The molecule has 0 bridgehead atoms. The molecule has 1 aromatic heterocycles. The van der Waals surface area contributed by atoms with Crippen LogP contribution in [0.1, 0.15) is 35.1 Å². The second-order valence-electron chi connectivity index (χ2n) is 9.25. The molecule has 2 aromatic carbocycles. The zero-order valence-electron chi connectivity index (χ0n) is 19.8. The van der Waals surface area contributed by atoms with Crippen molar-refractivity contribution in [3.63, 3.8) is 0 Å². The first kappa shape index (κ1) is 24.6. The molecule has 0 spiro atoms. The molecule has 5 rings (SSSR count). The molecule has 2 aliphatic heterocycles. The topological polar surface area (TPSA) is 90.5 Å². The molecular formula is C27H25F3N4O3. The van der Waals surface area contributed by atoms with Crippen molar-refractivity contribution in [3.05, 3.63) is 78.3 Å². The number of nitrogens with zero attached hydrogens (tertiary/aromatic N) is 3. The second kappa shape index (κ2) is 9.76. The van der Waals surface area contributed by atoms with E-state index in [0.29, 0.717) is 48.6 Å². The highest BCUT2D eigenvalue weighted by Gasteiger charge is 2.41. The number of imidazole rings is 1. The van der Waals surface area contributed by atoms with Gasteiger partial charge in [-0.05, 0) is 49.2 Å². The Labute approximate surface area is 211 Å². The Bertz CT molecular complexity index is 1330. The van der Waals surface area contributed by atoms with E-state index >= 15 is 0 Å². The standard InChI is InChI=1S/C27H25F3N4O3/c28-27(29,30)13-12-22(35)33-15-18(16-33)21-7-4-14-34-24(25(31)36)23(32-26(21)34)17-8-10-20(11-9-17)37-19-5-2-1-3-6-19/h1-3,5-6,8-13,18,21H,4,7,14-16H2,(H2,31,36)/b13-12+. The van der Waals surface area contributed by atoms with Crippen LogP contribution in [0.25, 0.3) is 11.3 Å². The fourth-order valence-corrected chi connectivity index (χ4v) is 5.00. The van der Waals surface area contributed by atoms with Gasteiger partial charge in [-0.3, -0.25) is 9.59 Å². The largest absolute Gasteiger partial charge is 0.457 e. The summed E-state index contributed by atoms with van der Waals surface area (Å²) < 4.78 is 44.9. The number of halogens is 3. The predicted octanol–water partition coefficient (Wildman–Crippen LogP) is 4.90. The van der Waals surface area contributed by atoms with Crippen LogP contribution in [0.3, 0.4) is 0 Å². The van der Waals surface area contributed by atoms with Gasteiger partial charge in [-0.15, -0.1) is 0 Å². The highest BCUT2D eigenvalue weighted by atomic mass is 19.4. The van der Waals surface area contributed by atoms with Crippen LogP contribution in [0.15, 0.2) is 66.7 Å². The van der Waals surface area contributed by atoms with Crippen LogP contribution in [-0.4, -0.2) is 45.5 Å². The third-order valence-corrected chi connectivity index (χ3v) is 6.77. The number of hydrogen-bond acceptors (Lipinski definition) is 4. The first-order valence-electron chi connectivity index (χ1n) is 12.0. The number of aromatic nitrogens is 2. The highest BCUT2D eigenvalue weighted by Crippen LogP contribution is 2.41. The maximum atomic E-state index is 12.5. The molecule has 1 atom stereocenters. The molecule has 10 heteroatoms. The Kier molecular flexibility index (Phi) is 6.49. The third-order valence-electron chi connectivity index (χ3n) is 6.77. The quantitative estimate of drug-likeness (QED) is 0.478. The lowest BCUT2D eigenvalue weighted by atomic mass is 9.80. The lowest BCUT2D eigenvalue weighted by Crippen LogP contribution is -2.52. The summed E-state index contributed by atoms with van der Waals surface area (Å²) in [6, 6.07) is 16.6. The summed E-state index contributed by atoms with van der Waals surface area (Å²) in [5, 5.41) is 0. The summed E-state index contributed by atoms with van der Waals surface area (Å²) in [6.45, 7) is 1.27. The van der Waals surface area contributed by atoms with Crippen LogP contribution in [0, 0.1) is 5.92 Å². The van der Waals surface area contributed by atoms with Gasteiger partial charge in [0.05, 0.1) is 0 Å². The van der Waals surface area contributed by atoms with Crippen LogP contribution in [0.2, 0.25) is 0 Å². The van der Waals surface area contributed by atoms with E-state index in [2.05, 4.69) is 0 Å². The summed E-state index contributed by atoms with van der Waals surface area (Å²) in [5.41, 5.74) is 7.31. The summed E-state index contributed by atoms with van der Waals surface area (Å²) in [5.74, 6) is 0.830. The minimum atomic E-state index is -4.53. The number of likely N-dealkylation sites (tertiary alicyclic amines) is 1. The fraction of sp³-hybridized carbons (Fsp3) is 0.296. The Morgan fingerprint density at radius 2 is 1.70 bits per heavy atom. The summed E-state index contributed by atoms with van der Waals surface area (Å²) in [7, 11) is 0. The molecule has 0 radical (unpaired) electrons. The molecule has 1 unspecified atom stereocenters. The second-order valence-corrected chi connectivity index (χ2v) is 9.25. The van der Waals surface area contributed by atoms with E-state index in [1.165, 1.54) is 4.90 Å². The van der Waals surface area contributed by atoms with Crippen molar-refractivity contribution in [2.75, 3.05) is 13.1 Å². The molecule has 1 fully saturated rings. The molecule has 192 valence electrons. The van der Waals surface area contributed by atoms with Gasteiger partial charge in [-0.25, -0.2) is 4.98 Å². The molecule has 7 nitrogen and oxygen atoms in total. The molecule has 2 aliphatic rings. The number of hydrogen-bond donors (Lipinski definition) is 1. The van der Waals surface area contributed by atoms with Crippen molar-refractivity contribution in [2.45, 2.75) is 31.5 Å². The number of nitrogens with two attached hydrogens (primary N) is 1. The number of fused-ring (bicyclic) bond motifs is 1. The van der Waals surface area contributed by atoms with E-state index in [1.54, 1.807) is 12.1 Å². The molecule has 3 aromatic rings. The Morgan fingerprint density at radius 3 is 2.35 bits per heavy atom. The highest BCUT2D eigenvalue weighted by molar-refractivity contribution is 5.97. The number of ether oxygens (including phenoxy) is 1. The van der Waals surface area contributed by atoms with Gasteiger partial charge in [-0.2, -0.15) is 13.2 Å². The molecular weight excluding hydrogens is 485 g/mol. The number of benzene rings is 2. The van der Waals surface area contributed by atoms with E-state index in [9.17, 15) is 22.8 Å². The van der Waals surface area contributed by atoms with E-state index in [1.807, 2.05) is 47.0 Å². The smallest absolute Gasteiger partial charge is 0.409 e. The normalized spacial score (nSPS) is 17.9. The minimum absolute atomic E-state index is 0.0306. The van der Waals surface area contributed by atoms with Crippen LogP contribution >= 0.6 is 0 Å². The maximum absolute atomic E-state index is 12.5. The van der Waals surface area contributed by atoms with Crippen molar-refractivity contribution in [1.82, 2.24) is 14.5 Å². The predicted molar refractivity (Wildman–Crippen MR) is 130 cm³/mol. The van der Waals surface area contributed by atoms with Crippen molar-refractivity contribution in [3.8, 4) is 22.8 Å². The van der Waals surface area contributed by atoms with Gasteiger partial charge < -0.3 is 19.9 Å². The molecule has 1 saturated heterocycles. The van der Waals surface area contributed by atoms with Gasteiger partial charge in [0.2, 0.25) is 5.91 Å². The van der Waals surface area contributed by atoms with Crippen LogP contribution < -0.4 is 10.5 Å². The van der Waals surface area contributed by atoms with Crippen LogP contribution in [0.4, 0.5) is 13.2 Å². The van der Waals surface area contributed by atoms with Crippen LogP contribution in [0.5, 0.6) is 11.5 Å². The fourth-order valence-electron chi connectivity index (χ4n) is 5.00. The van der Waals surface area contributed by atoms with Crippen molar-refractivity contribution in [1.29, 1.82) is 0 Å². The number of rotatable bonds is 6. The molecule has 2 amide bonds. The van der Waals surface area contributed by atoms with Gasteiger partial charge in [0, 0.05) is 49.2 Å². The van der Waals surface area contributed by atoms with E-state index in [4.69, 9.17) is 15.5 Å². The zero-order chi connectivity index (χ0) is 26.2. The number of carbonyl (C=O) groups excluding carboxylic acids is 2. The SMILES string of the molecule is NC(=O)c1c(-c2ccc(Oc3ccccc3)cc2)nc2n1CCCC2C1CN(C(=O)/C=C/C(F)(F)F)C1. The van der Waals surface area contributed by atoms with Crippen molar-refractivity contribution in [2.24, 2.45) is 11.7 Å². The lowest BCUT2D eigenvalue weighted by Gasteiger charge is -2.44. The molecule has 2 N–H and O–H groups in total. The first-order valence-corrected chi connectivity index (χ1v) is 12.0. The first-order chi connectivity index (χ1) is 17.7. The number of allylic oxidation sites excluding steroid dienone is 1. The third kappa shape index (κ3) is 5.23. The molecule has 3 heterocycles. The summed E-state index contributed by atoms with van der Waals surface area (Å²) in [4.78, 5) is 30.8. The van der Waals surface area contributed by atoms with Gasteiger partial charge in [0.1, 0.15) is 28.7 Å². The zero-order valence-corrected chi connectivity index (χ0v) is 19.8. The maximum Gasteiger partial charge on any atom is 0.409 e. The average Bonchev–Trinajstić information content (AvgIpc) is 3.23. The van der Waals surface area contributed by atoms with Gasteiger partial charge in [0.15, 0.2) is 0 Å². The Hall–Kier alpha value is -4.08. The minimum Gasteiger partial charge on any atom is -0.457 e. The Morgan fingerprint density at radius 1 is 1.03 bits per heavy atom. The monoisotopic (exact) mass is 510 g/mol. The number of primary amides is 1. The van der Waals surface area contributed by atoms with Crippen molar-refractivity contribution < 1.29 is 27.5 Å². The van der Waals surface area contributed by atoms with Crippen LogP contribution in [-0.2, 0) is 11.3 Å². The summed E-state index contributed by atoms with van der Waals surface area (Å²) in [6.07, 6.45) is -2.40. The van der Waals surface area contributed by atoms with Gasteiger partial charge in [0.25, 0.3) is 5.91 Å². The molecule has 0 saturated carbocycles. The number of alkyl halides is 3. The number of carbonyl (C=O) groups is 2. The van der Waals surface area contributed by atoms with Crippen molar-refractivity contribution >= 4 is 11.8 Å². The van der Waals surface area contributed by atoms with Gasteiger partial charge >= 0.3 is 6.18 Å². The Balaban J connectivity index is 1.36. The number of amides is 2. The summed E-state index contributed by atoms with van der Waals surface area (Å²) >= 11 is 0.